The number of allylic oxidation sites excluding steroid dienone is 1. The van der Waals surface area contributed by atoms with Crippen molar-refractivity contribution < 1.29 is 0 Å². The summed E-state index contributed by atoms with van der Waals surface area (Å²) in [6.07, 6.45) is 1.86. The van der Waals surface area contributed by atoms with E-state index in [-0.39, 0.29) is 6.71 Å². The van der Waals surface area contributed by atoms with Crippen LogP contribution in [0.3, 0.4) is 0 Å². The zero-order valence-corrected chi connectivity index (χ0v) is 27.3. The molecule has 9 rings (SSSR count). The standard InChI is InChI=1S/C44H36BN3/c1-3-31-19-14-15-26-35(31)41-37(4-2)46(32-20-8-5-9-21-32)39-29-18-30-40-42(39)45(41)44-43(47(40)33-22-10-6-11-23-33)36-27-16-17-28-38(36)48(44)34-24-12-7-13-25-34/h5-30H,3-4H2,1-2H3. The van der Waals surface area contributed by atoms with Crippen LogP contribution in [0, 0.1) is 0 Å². The van der Waals surface area contributed by atoms with E-state index in [2.05, 4.69) is 186 Å². The third kappa shape index (κ3) is 4.15. The van der Waals surface area contributed by atoms with Crippen molar-refractivity contribution in [2.75, 3.05) is 9.80 Å². The number of aromatic nitrogens is 1. The van der Waals surface area contributed by atoms with Crippen LogP contribution in [-0.4, -0.2) is 11.3 Å². The van der Waals surface area contributed by atoms with Crippen LogP contribution in [0.1, 0.15) is 31.4 Å². The van der Waals surface area contributed by atoms with Crippen LogP contribution in [0.4, 0.5) is 28.4 Å². The molecule has 4 heteroatoms. The van der Waals surface area contributed by atoms with Crippen molar-refractivity contribution in [3.63, 3.8) is 0 Å². The number of para-hydroxylation sites is 4. The van der Waals surface area contributed by atoms with Gasteiger partial charge in [-0.2, -0.15) is 0 Å². The van der Waals surface area contributed by atoms with E-state index < -0.39 is 0 Å². The highest BCUT2D eigenvalue weighted by Gasteiger charge is 2.47. The summed E-state index contributed by atoms with van der Waals surface area (Å²) in [6, 6.07) is 57.7. The summed E-state index contributed by atoms with van der Waals surface area (Å²) in [4.78, 5) is 5.07. The molecular weight excluding hydrogens is 581 g/mol. The lowest BCUT2D eigenvalue weighted by Gasteiger charge is -2.45. The number of anilines is 5. The summed E-state index contributed by atoms with van der Waals surface area (Å²) in [6.45, 7) is 4.61. The highest BCUT2D eigenvalue weighted by atomic mass is 15.2. The fourth-order valence-electron chi connectivity index (χ4n) is 8.26. The molecule has 0 aliphatic carbocycles. The second kappa shape index (κ2) is 11.5. The molecule has 0 N–H and O–H groups in total. The fourth-order valence-corrected chi connectivity index (χ4v) is 8.26. The first-order valence-electron chi connectivity index (χ1n) is 17.1. The highest BCUT2D eigenvalue weighted by molar-refractivity contribution is 7.03. The maximum absolute atomic E-state index is 2.55. The maximum atomic E-state index is 2.55. The smallest absolute Gasteiger partial charge is 0.273 e. The van der Waals surface area contributed by atoms with Gasteiger partial charge in [0.2, 0.25) is 0 Å². The average molecular weight is 618 g/mol. The number of rotatable bonds is 6. The molecule has 0 saturated carbocycles. The van der Waals surface area contributed by atoms with Crippen LogP contribution < -0.4 is 20.9 Å². The Labute approximate surface area is 283 Å². The van der Waals surface area contributed by atoms with Gasteiger partial charge in [0.15, 0.2) is 0 Å². The van der Waals surface area contributed by atoms with Gasteiger partial charge < -0.3 is 14.4 Å². The molecule has 0 fully saturated rings. The molecule has 0 atom stereocenters. The highest BCUT2D eigenvalue weighted by Crippen LogP contribution is 2.49. The van der Waals surface area contributed by atoms with Gasteiger partial charge in [0, 0.05) is 45.1 Å². The van der Waals surface area contributed by atoms with Crippen molar-refractivity contribution in [1.29, 1.82) is 0 Å². The van der Waals surface area contributed by atoms with E-state index in [4.69, 9.17) is 0 Å². The maximum Gasteiger partial charge on any atom is 0.273 e. The summed E-state index contributed by atoms with van der Waals surface area (Å²) >= 11 is 0. The molecule has 0 saturated heterocycles. The normalized spacial score (nSPS) is 13.6. The molecule has 1 aromatic heterocycles. The first-order valence-corrected chi connectivity index (χ1v) is 17.1. The van der Waals surface area contributed by atoms with Crippen LogP contribution in [0.25, 0.3) is 22.1 Å². The van der Waals surface area contributed by atoms with Crippen molar-refractivity contribution in [3.8, 4) is 5.69 Å². The number of nitrogens with zero attached hydrogens (tertiary/aromatic N) is 3. The van der Waals surface area contributed by atoms with Crippen molar-refractivity contribution >= 4 is 62.6 Å². The Morgan fingerprint density at radius 3 is 1.73 bits per heavy atom. The summed E-state index contributed by atoms with van der Waals surface area (Å²) in [5.74, 6) is 0. The molecule has 3 heterocycles. The SMILES string of the molecule is CCC1=C(c2ccccc2CC)B2c3c(cccc3N(c3ccccc3)c3c2n(-c2ccccc2)c2ccccc32)N1c1ccccc1. The number of benzene rings is 6. The molecule has 6 aromatic carbocycles. The number of fused-ring (bicyclic) bond motifs is 4. The Bertz CT molecular complexity index is 2320. The summed E-state index contributed by atoms with van der Waals surface area (Å²) in [5.41, 5.74) is 16.6. The molecule has 0 unspecified atom stereocenters. The van der Waals surface area contributed by atoms with E-state index in [0.717, 1.165) is 18.5 Å². The quantitative estimate of drug-likeness (QED) is 0.172. The number of hydrogen-bond donors (Lipinski definition) is 0. The molecule has 0 radical (unpaired) electrons. The first kappa shape index (κ1) is 28.5. The minimum absolute atomic E-state index is 0.00128. The Hall–Kier alpha value is -5.74. The van der Waals surface area contributed by atoms with Gasteiger partial charge in [-0.3, -0.25) is 0 Å². The minimum atomic E-state index is 0.00128. The molecule has 0 amide bonds. The van der Waals surface area contributed by atoms with Crippen LogP contribution in [-0.2, 0) is 6.42 Å². The van der Waals surface area contributed by atoms with E-state index in [0.29, 0.717) is 0 Å². The van der Waals surface area contributed by atoms with Gasteiger partial charge in [0.1, 0.15) is 0 Å². The minimum Gasteiger partial charge on any atom is -0.319 e. The van der Waals surface area contributed by atoms with Gasteiger partial charge in [0.25, 0.3) is 6.71 Å². The Morgan fingerprint density at radius 2 is 1.06 bits per heavy atom. The lowest BCUT2D eigenvalue weighted by Crippen LogP contribution is -2.57. The van der Waals surface area contributed by atoms with Gasteiger partial charge in [-0.25, -0.2) is 0 Å². The van der Waals surface area contributed by atoms with E-state index in [9.17, 15) is 0 Å². The molecule has 0 bridgehead atoms. The Balaban J connectivity index is 1.50. The van der Waals surface area contributed by atoms with E-state index >= 15 is 0 Å². The molecule has 0 spiro atoms. The zero-order valence-electron chi connectivity index (χ0n) is 27.3. The van der Waals surface area contributed by atoms with Crippen molar-refractivity contribution in [2.45, 2.75) is 26.7 Å². The van der Waals surface area contributed by atoms with E-state index in [1.807, 2.05) is 0 Å². The van der Waals surface area contributed by atoms with Crippen molar-refractivity contribution in [2.24, 2.45) is 0 Å². The summed E-state index contributed by atoms with van der Waals surface area (Å²) < 4.78 is 2.55. The van der Waals surface area contributed by atoms with Crippen molar-refractivity contribution in [1.82, 2.24) is 4.57 Å². The van der Waals surface area contributed by atoms with Gasteiger partial charge in [-0.05, 0) is 89.5 Å². The number of hydrogen-bond acceptors (Lipinski definition) is 2. The monoisotopic (exact) mass is 617 g/mol. The lowest BCUT2D eigenvalue weighted by atomic mass is 9.33. The van der Waals surface area contributed by atoms with Gasteiger partial charge >= 0.3 is 0 Å². The van der Waals surface area contributed by atoms with Crippen LogP contribution in [0.15, 0.2) is 163 Å². The molecule has 2 aliphatic rings. The van der Waals surface area contributed by atoms with Crippen LogP contribution in [0.2, 0.25) is 0 Å². The fraction of sp³-hybridized carbons (Fsp3) is 0.0909. The Kier molecular flexibility index (Phi) is 6.83. The lowest BCUT2D eigenvalue weighted by molar-refractivity contribution is 1.02. The largest absolute Gasteiger partial charge is 0.319 e. The van der Waals surface area contributed by atoms with Gasteiger partial charge in [-0.15, -0.1) is 0 Å². The van der Waals surface area contributed by atoms with Crippen LogP contribution in [0.5, 0.6) is 0 Å². The molecule has 230 valence electrons. The zero-order chi connectivity index (χ0) is 32.2. The molecule has 48 heavy (non-hydrogen) atoms. The van der Waals surface area contributed by atoms with Gasteiger partial charge in [-0.1, -0.05) is 117 Å². The van der Waals surface area contributed by atoms with Gasteiger partial charge in [0.05, 0.1) is 11.2 Å². The van der Waals surface area contributed by atoms with E-state index in [1.54, 1.807) is 0 Å². The molecule has 7 aromatic rings. The number of aryl methyl sites for hydroxylation is 1. The average Bonchev–Trinajstić information content (AvgIpc) is 3.50. The molecule has 3 nitrogen and oxygen atoms in total. The molecule has 2 aliphatic heterocycles. The summed E-state index contributed by atoms with van der Waals surface area (Å²) in [5, 5.41) is 1.25. The van der Waals surface area contributed by atoms with Crippen molar-refractivity contribution in [3.05, 3.63) is 175 Å². The first-order chi connectivity index (χ1) is 23.8. The second-order valence-corrected chi connectivity index (χ2v) is 12.6. The third-order valence-corrected chi connectivity index (χ3v) is 10.1. The second-order valence-electron chi connectivity index (χ2n) is 12.6. The van der Waals surface area contributed by atoms with E-state index in [1.165, 1.54) is 72.7 Å². The molecular formula is C44H36BN3. The predicted octanol–water partition coefficient (Wildman–Crippen LogP) is 10.1. The predicted molar refractivity (Wildman–Crippen MR) is 205 cm³/mol. The topological polar surface area (TPSA) is 11.4 Å². The third-order valence-electron chi connectivity index (χ3n) is 10.1. The van der Waals surface area contributed by atoms with Crippen LogP contribution >= 0.6 is 0 Å². The Morgan fingerprint density at radius 1 is 0.500 bits per heavy atom. The summed E-state index contributed by atoms with van der Waals surface area (Å²) in [7, 11) is 0.